The van der Waals surface area contributed by atoms with Crippen LogP contribution in [0.5, 0.6) is 5.75 Å². The number of pyridine rings is 1. The molecular formula is C24H22FN3O2. The predicted molar refractivity (Wildman–Crippen MR) is 116 cm³/mol. The monoisotopic (exact) mass is 403 g/mol. The Morgan fingerprint density at radius 2 is 1.87 bits per heavy atom. The van der Waals surface area contributed by atoms with Crippen LogP contribution in [0.1, 0.15) is 15.9 Å². The molecule has 4 aromatic rings. The van der Waals surface area contributed by atoms with E-state index >= 15 is 0 Å². The normalized spacial score (nSPS) is 11.0. The number of halogens is 1. The molecule has 0 aliphatic carbocycles. The first-order valence-corrected chi connectivity index (χ1v) is 9.53. The van der Waals surface area contributed by atoms with E-state index in [0.717, 1.165) is 33.5 Å². The van der Waals surface area contributed by atoms with E-state index < -0.39 is 5.82 Å². The van der Waals surface area contributed by atoms with Crippen LogP contribution in [0.2, 0.25) is 0 Å². The summed E-state index contributed by atoms with van der Waals surface area (Å²) in [5.74, 6) is 0.0968. The van der Waals surface area contributed by atoms with Gasteiger partial charge in [-0.2, -0.15) is 0 Å². The standard InChI is InChI=1S/C24H22FN3O2/c1-14-18(24(29)28(2)3)9-15(11-21(14)25)16-10-19-20(13-27-23(19)26-12-16)17-7-5-6-8-22(17)30-4/h5-13H,1-4H3,(H,26,27). The maximum absolute atomic E-state index is 14.6. The second kappa shape index (κ2) is 7.63. The van der Waals surface area contributed by atoms with E-state index in [-0.39, 0.29) is 5.91 Å². The highest BCUT2D eigenvalue weighted by molar-refractivity contribution is 5.99. The number of aromatic nitrogens is 2. The first-order chi connectivity index (χ1) is 14.4. The van der Waals surface area contributed by atoms with Crippen LogP contribution >= 0.6 is 0 Å². The fourth-order valence-electron chi connectivity index (χ4n) is 3.56. The summed E-state index contributed by atoms with van der Waals surface area (Å²) in [6.07, 6.45) is 3.56. The van der Waals surface area contributed by atoms with Gasteiger partial charge in [0.15, 0.2) is 0 Å². The third-order valence-electron chi connectivity index (χ3n) is 5.24. The van der Waals surface area contributed by atoms with E-state index in [1.54, 1.807) is 40.4 Å². The zero-order chi connectivity index (χ0) is 21.4. The minimum atomic E-state index is -0.420. The Labute approximate surface area is 174 Å². The highest BCUT2D eigenvalue weighted by Gasteiger charge is 2.18. The largest absolute Gasteiger partial charge is 0.496 e. The molecule has 2 aromatic heterocycles. The second-order valence-corrected chi connectivity index (χ2v) is 7.35. The third-order valence-corrected chi connectivity index (χ3v) is 5.24. The molecule has 4 rings (SSSR count). The molecule has 1 N–H and O–H groups in total. The molecule has 1 amide bonds. The minimum absolute atomic E-state index is 0.237. The van der Waals surface area contributed by atoms with Gasteiger partial charge in [0.1, 0.15) is 17.2 Å². The maximum Gasteiger partial charge on any atom is 0.253 e. The number of hydrogen-bond acceptors (Lipinski definition) is 3. The molecule has 0 fully saturated rings. The number of nitrogens with zero attached hydrogens (tertiary/aromatic N) is 2. The van der Waals surface area contributed by atoms with Crippen molar-refractivity contribution in [1.29, 1.82) is 0 Å². The summed E-state index contributed by atoms with van der Waals surface area (Å²) in [4.78, 5) is 21.6. The molecule has 6 heteroatoms. The number of methoxy groups -OCH3 is 1. The molecule has 0 radical (unpaired) electrons. The van der Waals surface area contributed by atoms with Gasteiger partial charge in [0.2, 0.25) is 0 Å². The van der Waals surface area contributed by atoms with Crippen molar-refractivity contribution in [3.8, 4) is 28.0 Å². The van der Waals surface area contributed by atoms with Crippen molar-refractivity contribution in [3.63, 3.8) is 0 Å². The lowest BCUT2D eigenvalue weighted by molar-refractivity contribution is 0.0826. The Balaban J connectivity index is 1.88. The Kier molecular flexibility index (Phi) is 4.99. The lowest BCUT2D eigenvalue weighted by Crippen LogP contribution is -2.23. The molecule has 2 aromatic carbocycles. The van der Waals surface area contributed by atoms with Crippen molar-refractivity contribution in [1.82, 2.24) is 14.9 Å². The molecule has 0 aliphatic heterocycles. The van der Waals surface area contributed by atoms with E-state index in [2.05, 4.69) is 9.97 Å². The Hall–Kier alpha value is -3.67. The fourth-order valence-corrected chi connectivity index (χ4v) is 3.56. The van der Waals surface area contributed by atoms with Crippen molar-refractivity contribution in [2.75, 3.05) is 21.2 Å². The third kappa shape index (κ3) is 3.30. The number of carbonyl (C=O) groups excluding carboxylic acids is 1. The molecule has 0 aliphatic rings. The lowest BCUT2D eigenvalue weighted by Gasteiger charge is -2.14. The van der Waals surface area contributed by atoms with Gasteiger partial charge in [0, 0.05) is 54.1 Å². The quantitative estimate of drug-likeness (QED) is 0.518. The molecule has 0 atom stereocenters. The molecule has 30 heavy (non-hydrogen) atoms. The van der Waals surface area contributed by atoms with Gasteiger partial charge in [-0.3, -0.25) is 4.79 Å². The van der Waals surface area contributed by atoms with E-state index in [0.29, 0.717) is 16.7 Å². The van der Waals surface area contributed by atoms with Gasteiger partial charge in [0.25, 0.3) is 5.91 Å². The van der Waals surface area contributed by atoms with Gasteiger partial charge in [-0.25, -0.2) is 9.37 Å². The van der Waals surface area contributed by atoms with Crippen molar-refractivity contribution in [2.45, 2.75) is 6.92 Å². The molecule has 0 saturated heterocycles. The predicted octanol–water partition coefficient (Wildman–Crippen LogP) is 5.05. The van der Waals surface area contributed by atoms with E-state index in [1.165, 1.54) is 11.0 Å². The smallest absolute Gasteiger partial charge is 0.253 e. The molecule has 0 saturated carbocycles. The molecule has 2 heterocycles. The summed E-state index contributed by atoms with van der Waals surface area (Å²) < 4.78 is 20.1. The van der Waals surface area contributed by atoms with Gasteiger partial charge in [-0.1, -0.05) is 18.2 Å². The summed E-state index contributed by atoms with van der Waals surface area (Å²) >= 11 is 0. The molecular weight excluding hydrogens is 381 g/mol. The first-order valence-electron chi connectivity index (χ1n) is 9.53. The second-order valence-electron chi connectivity index (χ2n) is 7.35. The summed E-state index contributed by atoms with van der Waals surface area (Å²) in [6, 6.07) is 12.9. The van der Waals surface area contributed by atoms with E-state index in [9.17, 15) is 9.18 Å². The van der Waals surface area contributed by atoms with E-state index in [4.69, 9.17) is 4.74 Å². The fraction of sp³-hybridized carbons (Fsp3) is 0.167. The van der Waals surface area contributed by atoms with Crippen LogP contribution in [0.3, 0.4) is 0 Å². The molecule has 5 nitrogen and oxygen atoms in total. The maximum atomic E-state index is 14.6. The highest BCUT2D eigenvalue weighted by atomic mass is 19.1. The summed E-state index contributed by atoms with van der Waals surface area (Å²) in [7, 11) is 4.94. The number of H-pyrrole nitrogens is 1. The van der Waals surface area contributed by atoms with E-state index in [1.807, 2.05) is 36.5 Å². The molecule has 152 valence electrons. The molecule has 0 bridgehead atoms. The van der Waals surface area contributed by atoms with Crippen molar-refractivity contribution in [3.05, 3.63) is 71.8 Å². The van der Waals surface area contributed by atoms with Crippen LogP contribution in [0.25, 0.3) is 33.3 Å². The number of hydrogen-bond donors (Lipinski definition) is 1. The first kappa shape index (κ1) is 19.6. The number of ether oxygens (including phenoxy) is 1. The molecule has 0 unspecified atom stereocenters. The Morgan fingerprint density at radius 3 is 2.60 bits per heavy atom. The highest BCUT2D eigenvalue weighted by Crippen LogP contribution is 2.36. The van der Waals surface area contributed by atoms with Gasteiger partial charge in [0.05, 0.1) is 7.11 Å². The average Bonchev–Trinajstić information content (AvgIpc) is 3.18. The van der Waals surface area contributed by atoms with Crippen LogP contribution in [0, 0.1) is 12.7 Å². The average molecular weight is 403 g/mol. The van der Waals surface area contributed by atoms with Gasteiger partial charge in [-0.05, 0) is 42.3 Å². The van der Waals surface area contributed by atoms with Crippen LogP contribution in [0.15, 0.2) is 54.9 Å². The van der Waals surface area contributed by atoms with Crippen LogP contribution < -0.4 is 4.74 Å². The summed E-state index contributed by atoms with van der Waals surface area (Å²) in [5, 5.41) is 0.887. The van der Waals surface area contributed by atoms with Crippen LogP contribution in [0.4, 0.5) is 4.39 Å². The Morgan fingerprint density at radius 1 is 1.10 bits per heavy atom. The number of nitrogens with one attached hydrogen (secondary N) is 1. The SMILES string of the molecule is COc1ccccc1-c1c[nH]c2ncc(-c3cc(F)c(C)c(C(=O)N(C)C)c3)cc12. The van der Waals surface area contributed by atoms with Gasteiger partial charge < -0.3 is 14.6 Å². The number of carbonyl (C=O) groups is 1. The van der Waals surface area contributed by atoms with Crippen molar-refractivity contribution >= 4 is 16.9 Å². The topological polar surface area (TPSA) is 58.2 Å². The zero-order valence-corrected chi connectivity index (χ0v) is 17.3. The molecule has 0 spiro atoms. The zero-order valence-electron chi connectivity index (χ0n) is 17.3. The van der Waals surface area contributed by atoms with Gasteiger partial charge in [-0.15, -0.1) is 0 Å². The van der Waals surface area contributed by atoms with Gasteiger partial charge >= 0.3 is 0 Å². The minimum Gasteiger partial charge on any atom is -0.496 e. The van der Waals surface area contributed by atoms with Crippen molar-refractivity contribution in [2.24, 2.45) is 0 Å². The number of benzene rings is 2. The number of rotatable bonds is 4. The number of fused-ring (bicyclic) bond motifs is 1. The van der Waals surface area contributed by atoms with Crippen molar-refractivity contribution < 1.29 is 13.9 Å². The summed E-state index contributed by atoms with van der Waals surface area (Å²) in [5.41, 5.74) is 4.60. The van der Waals surface area contributed by atoms with Crippen LogP contribution in [-0.2, 0) is 0 Å². The lowest BCUT2D eigenvalue weighted by atomic mass is 9.97. The summed E-state index contributed by atoms with van der Waals surface area (Å²) in [6.45, 7) is 1.61. The Bertz CT molecular complexity index is 1260. The number of aromatic amines is 1. The van der Waals surface area contributed by atoms with Crippen LogP contribution in [-0.4, -0.2) is 42.0 Å². The number of para-hydroxylation sites is 1. The number of amides is 1.